The Morgan fingerprint density at radius 1 is 1.40 bits per heavy atom. The Morgan fingerprint density at radius 3 is 2.73 bits per heavy atom. The fraction of sp³-hybridized carbons (Fsp3) is 0.429. The second-order valence-corrected chi connectivity index (χ2v) is 3.99. The lowest BCUT2D eigenvalue weighted by atomic mass is 10.5. The minimum atomic E-state index is -4.19. The molecule has 1 N–H and O–H groups in total. The summed E-state index contributed by atoms with van der Waals surface area (Å²) in [4.78, 5) is 7.41. The first-order valence-electron chi connectivity index (χ1n) is 3.89. The van der Waals surface area contributed by atoms with Crippen molar-refractivity contribution in [2.45, 2.75) is 5.51 Å². The molecule has 0 aliphatic rings. The van der Waals surface area contributed by atoms with E-state index in [4.69, 9.17) is 11.6 Å². The number of alkyl halides is 3. The van der Waals surface area contributed by atoms with Crippen molar-refractivity contribution < 1.29 is 13.2 Å². The van der Waals surface area contributed by atoms with Gasteiger partial charge in [-0.15, -0.1) is 0 Å². The first kappa shape index (κ1) is 12.4. The molecule has 0 saturated heterocycles. The molecule has 8 heteroatoms. The van der Waals surface area contributed by atoms with Crippen LogP contribution in [0.3, 0.4) is 0 Å². The molecule has 0 saturated carbocycles. The van der Waals surface area contributed by atoms with Crippen molar-refractivity contribution in [3.8, 4) is 0 Å². The minimum absolute atomic E-state index is 0.0783. The van der Waals surface area contributed by atoms with E-state index in [9.17, 15) is 13.2 Å². The van der Waals surface area contributed by atoms with Crippen molar-refractivity contribution in [2.75, 3.05) is 17.6 Å². The smallest absolute Gasteiger partial charge is 0.369 e. The second-order valence-electron chi connectivity index (χ2n) is 2.45. The molecule has 1 rings (SSSR count). The van der Waals surface area contributed by atoms with Crippen LogP contribution >= 0.6 is 23.4 Å². The van der Waals surface area contributed by atoms with Crippen molar-refractivity contribution in [3.05, 3.63) is 17.5 Å². The molecular weight excluding hydrogens is 251 g/mol. The van der Waals surface area contributed by atoms with Crippen molar-refractivity contribution in [1.29, 1.82) is 0 Å². The number of nitrogens with one attached hydrogen (secondary N) is 1. The Bertz CT molecular complexity index is 321. The molecule has 0 atom stereocenters. The monoisotopic (exact) mass is 257 g/mol. The number of thioether (sulfide) groups is 1. The van der Waals surface area contributed by atoms with Crippen molar-refractivity contribution >= 4 is 29.2 Å². The Kier molecular flexibility index (Phi) is 4.46. The molecular formula is C7H7ClF3N3S. The first-order valence-corrected chi connectivity index (χ1v) is 5.26. The number of rotatable bonds is 4. The summed E-state index contributed by atoms with van der Waals surface area (Å²) >= 11 is 5.47. The van der Waals surface area contributed by atoms with Crippen LogP contribution in [0.2, 0.25) is 5.15 Å². The molecule has 15 heavy (non-hydrogen) atoms. The Hall–Kier alpha value is -0.690. The largest absolute Gasteiger partial charge is 0.441 e. The van der Waals surface area contributed by atoms with Crippen LogP contribution in [0.1, 0.15) is 0 Å². The summed E-state index contributed by atoms with van der Waals surface area (Å²) in [6.07, 6.45) is 1.24. The predicted octanol–water partition coefficient (Wildman–Crippen LogP) is 2.79. The minimum Gasteiger partial charge on any atom is -0.369 e. The molecule has 1 aromatic heterocycles. The van der Waals surface area contributed by atoms with Gasteiger partial charge in [-0.1, -0.05) is 11.6 Å². The van der Waals surface area contributed by atoms with E-state index in [0.717, 1.165) is 0 Å². The van der Waals surface area contributed by atoms with Crippen LogP contribution in [0.25, 0.3) is 0 Å². The third-order valence-corrected chi connectivity index (χ3v) is 2.25. The van der Waals surface area contributed by atoms with E-state index in [2.05, 4.69) is 15.3 Å². The van der Waals surface area contributed by atoms with Crippen LogP contribution in [0, 0.1) is 0 Å². The molecule has 0 unspecified atom stereocenters. The van der Waals surface area contributed by atoms with Crippen LogP contribution in [0.15, 0.2) is 12.4 Å². The van der Waals surface area contributed by atoms with Crippen LogP contribution in [0.5, 0.6) is 0 Å². The van der Waals surface area contributed by atoms with Crippen molar-refractivity contribution in [3.63, 3.8) is 0 Å². The molecule has 0 fully saturated rings. The molecule has 84 valence electrons. The fourth-order valence-corrected chi connectivity index (χ4v) is 1.36. The third kappa shape index (κ3) is 5.68. The number of anilines is 1. The molecule has 0 spiro atoms. The molecule has 1 heterocycles. The van der Waals surface area contributed by atoms with Gasteiger partial charge in [-0.2, -0.15) is 13.2 Å². The number of nitrogens with zero attached hydrogens (tertiary/aromatic N) is 2. The maximum absolute atomic E-state index is 11.7. The first-order chi connectivity index (χ1) is 6.97. The Balaban J connectivity index is 2.26. The van der Waals surface area contributed by atoms with Gasteiger partial charge in [0.15, 0.2) is 0 Å². The quantitative estimate of drug-likeness (QED) is 0.665. The highest BCUT2D eigenvalue weighted by Gasteiger charge is 2.27. The van der Waals surface area contributed by atoms with Gasteiger partial charge in [0.05, 0.1) is 0 Å². The predicted molar refractivity (Wildman–Crippen MR) is 54.0 cm³/mol. The SMILES string of the molecule is FC(F)(F)SCCNc1cc(Cl)ncn1. The lowest BCUT2D eigenvalue weighted by Crippen LogP contribution is -2.10. The highest BCUT2D eigenvalue weighted by Crippen LogP contribution is 2.29. The average molecular weight is 258 g/mol. The Morgan fingerprint density at radius 2 is 2.13 bits per heavy atom. The molecule has 1 aromatic rings. The molecule has 0 aliphatic carbocycles. The van der Waals surface area contributed by atoms with Crippen LogP contribution in [-0.4, -0.2) is 27.8 Å². The third-order valence-electron chi connectivity index (χ3n) is 1.31. The maximum Gasteiger partial charge on any atom is 0.441 e. The van der Waals surface area contributed by atoms with Gasteiger partial charge in [-0.3, -0.25) is 0 Å². The molecule has 0 radical (unpaired) electrons. The van der Waals surface area contributed by atoms with Crippen LogP contribution in [-0.2, 0) is 0 Å². The Labute approximate surface area is 93.4 Å². The molecule has 0 aliphatic heterocycles. The molecule has 0 aromatic carbocycles. The van der Waals surface area contributed by atoms with Crippen LogP contribution < -0.4 is 5.32 Å². The zero-order valence-corrected chi connectivity index (χ0v) is 8.96. The standard InChI is InChI=1S/C7H7ClF3N3S/c8-5-3-6(14-4-13-5)12-1-2-15-7(9,10)11/h3-4H,1-2H2,(H,12,13,14). The van der Waals surface area contributed by atoms with Gasteiger partial charge in [0.1, 0.15) is 17.3 Å². The second kappa shape index (κ2) is 5.41. The van der Waals surface area contributed by atoms with Gasteiger partial charge in [-0.25, -0.2) is 9.97 Å². The topological polar surface area (TPSA) is 37.8 Å². The van der Waals surface area contributed by atoms with Gasteiger partial charge < -0.3 is 5.32 Å². The molecule has 0 amide bonds. The summed E-state index contributed by atoms with van der Waals surface area (Å²) in [7, 11) is 0. The van der Waals surface area contributed by atoms with Gasteiger partial charge in [0.25, 0.3) is 0 Å². The summed E-state index contributed by atoms with van der Waals surface area (Å²) in [5.74, 6) is 0.336. The normalized spacial score (nSPS) is 11.5. The fourth-order valence-electron chi connectivity index (χ4n) is 0.776. The average Bonchev–Trinajstić information content (AvgIpc) is 2.11. The highest BCUT2D eigenvalue weighted by atomic mass is 35.5. The summed E-state index contributed by atoms with van der Waals surface area (Å²) in [5.41, 5.74) is -4.19. The van der Waals surface area contributed by atoms with E-state index in [1.54, 1.807) is 0 Å². The van der Waals surface area contributed by atoms with E-state index >= 15 is 0 Å². The van der Waals surface area contributed by atoms with E-state index in [0.29, 0.717) is 5.82 Å². The summed E-state index contributed by atoms with van der Waals surface area (Å²) in [6, 6.07) is 1.44. The van der Waals surface area contributed by atoms with Gasteiger partial charge in [0, 0.05) is 18.4 Å². The maximum atomic E-state index is 11.7. The van der Waals surface area contributed by atoms with E-state index in [-0.39, 0.29) is 29.2 Å². The lowest BCUT2D eigenvalue weighted by molar-refractivity contribution is -0.0327. The number of hydrogen-bond acceptors (Lipinski definition) is 4. The number of hydrogen-bond donors (Lipinski definition) is 1. The number of halogens is 4. The van der Waals surface area contributed by atoms with Gasteiger partial charge in [0.2, 0.25) is 0 Å². The van der Waals surface area contributed by atoms with E-state index in [1.165, 1.54) is 12.4 Å². The zero-order chi connectivity index (χ0) is 11.3. The van der Waals surface area contributed by atoms with Crippen molar-refractivity contribution in [1.82, 2.24) is 9.97 Å². The van der Waals surface area contributed by atoms with E-state index in [1.807, 2.05) is 0 Å². The summed E-state index contributed by atoms with van der Waals surface area (Å²) < 4.78 is 35.2. The zero-order valence-electron chi connectivity index (χ0n) is 7.38. The molecule has 3 nitrogen and oxygen atoms in total. The summed E-state index contributed by atoms with van der Waals surface area (Å²) in [6.45, 7) is 0.164. The highest BCUT2D eigenvalue weighted by molar-refractivity contribution is 8.00. The van der Waals surface area contributed by atoms with Gasteiger partial charge >= 0.3 is 5.51 Å². The number of aromatic nitrogens is 2. The van der Waals surface area contributed by atoms with Gasteiger partial charge in [-0.05, 0) is 11.8 Å². The van der Waals surface area contributed by atoms with Crippen LogP contribution in [0.4, 0.5) is 19.0 Å². The molecule has 0 bridgehead atoms. The van der Waals surface area contributed by atoms with E-state index < -0.39 is 5.51 Å². The summed E-state index contributed by atoms with van der Waals surface area (Å²) in [5, 5.41) is 2.95. The lowest BCUT2D eigenvalue weighted by Gasteiger charge is -2.06. The van der Waals surface area contributed by atoms with Crippen molar-refractivity contribution in [2.24, 2.45) is 0 Å².